The number of Topliss-reactive ketones (excluding diaryl/α,β-unsaturated/α-hetero) is 1. The number of cyclic esters (lactones) is 1. The van der Waals surface area contributed by atoms with Crippen LogP contribution in [0.3, 0.4) is 0 Å². The molecule has 8 atom stereocenters. The Balaban J connectivity index is 1.23. The van der Waals surface area contributed by atoms with Gasteiger partial charge in [0.1, 0.15) is 22.8 Å². The smallest absolute Gasteiger partial charge is 0.343 e. The number of carboxylic acid groups (broad SMARTS) is 1. The molecule has 5 N–H and O–H groups in total. The first kappa shape index (κ1) is 34.0. The fraction of sp³-hybridized carbons (Fsp3) is 0.486. The van der Waals surface area contributed by atoms with Crippen LogP contribution in [0.2, 0.25) is 0 Å². The van der Waals surface area contributed by atoms with Crippen LogP contribution in [0.15, 0.2) is 66.5 Å². The third-order valence-corrected chi connectivity index (χ3v) is 11.9. The number of aromatic amines is 1. The Morgan fingerprint density at radius 3 is 2.72 bits per heavy atom. The van der Waals surface area contributed by atoms with Gasteiger partial charge in [-0.2, -0.15) is 0 Å². The number of aromatic nitrogens is 4. The lowest BCUT2D eigenvalue weighted by Crippen LogP contribution is -2.67. The van der Waals surface area contributed by atoms with Gasteiger partial charge in [0, 0.05) is 36.8 Å². The predicted octanol–water partition coefficient (Wildman–Crippen LogP) is 2.85. The number of aliphatic hydroxyl groups excluding tert-OH is 2. The van der Waals surface area contributed by atoms with Crippen molar-refractivity contribution in [2.24, 2.45) is 29.7 Å². The average molecular weight is 686 g/mol. The van der Waals surface area contributed by atoms with Gasteiger partial charge in [-0.1, -0.05) is 32.1 Å². The van der Waals surface area contributed by atoms with Crippen LogP contribution in [0.25, 0.3) is 16.6 Å². The number of aliphatic carboxylic acids is 1. The molecule has 7 rings (SSSR count). The topological polar surface area (TPSA) is 192 Å². The van der Waals surface area contributed by atoms with E-state index in [0.29, 0.717) is 42.8 Å². The zero-order valence-corrected chi connectivity index (χ0v) is 28.6. The van der Waals surface area contributed by atoms with Crippen LogP contribution >= 0.6 is 0 Å². The highest BCUT2D eigenvalue weighted by molar-refractivity contribution is 6.18. The lowest BCUT2D eigenvalue weighted by Gasteiger charge is -2.62. The van der Waals surface area contributed by atoms with Crippen molar-refractivity contribution in [3.8, 4) is 0 Å². The molecule has 13 nitrogen and oxygen atoms in total. The number of esters is 1. The molecule has 2 aromatic heterocycles. The number of benzene rings is 1. The average Bonchev–Trinajstić information content (AvgIpc) is 3.34. The molecule has 1 aromatic carbocycles. The molecule has 264 valence electrons. The van der Waals surface area contributed by atoms with Crippen molar-refractivity contribution < 1.29 is 39.2 Å². The quantitative estimate of drug-likeness (QED) is 0.120. The fourth-order valence-corrected chi connectivity index (χ4v) is 8.93. The number of epoxide rings is 1. The van der Waals surface area contributed by atoms with E-state index in [-0.39, 0.29) is 53.6 Å². The number of ether oxygens (including phenoxy) is 2. The number of nitrogens with zero attached hydrogens (tertiary/aromatic N) is 3. The molecule has 2 aliphatic heterocycles. The number of hydrogen-bond acceptors (Lipinski definition) is 10. The molecule has 1 saturated heterocycles. The van der Waals surface area contributed by atoms with Gasteiger partial charge in [-0.3, -0.25) is 4.79 Å². The van der Waals surface area contributed by atoms with Crippen LogP contribution in [0.5, 0.6) is 0 Å². The number of aliphatic hydroxyl groups is 2. The first-order chi connectivity index (χ1) is 23.8. The van der Waals surface area contributed by atoms with E-state index in [1.165, 1.54) is 6.08 Å². The molecular formula is C37H43N5O8. The number of nitrogens with one attached hydrogen (secondary N) is 2. The van der Waals surface area contributed by atoms with Gasteiger partial charge in [-0.05, 0) is 61.3 Å². The lowest BCUT2D eigenvalue weighted by molar-refractivity contribution is -0.174. The lowest BCUT2D eigenvalue weighted by atomic mass is 9.44. The summed E-state index contributed by atoms with van der Waals surface area (Å²) >= 11 is 0. The SMILES string of the molecule is CC(NC1CC2[C@](C)(CC[C@@H](O)[C@@]2(C)CO)C(/C=C/C2=CC(=C(/C(=O)O)c3ccc4c(c3)ncn4C)/OC2=O)C12CO2)C(=O)Cc1ncc[nH]1. The van der Waals surface area contributed by atoms with Crippen LogP contribution in [0, 0.1) is 22.7 Å². The maximum absolute atomic E-state index is 13.2. The van der Waals surface area contributed by atoms with Crippen molar-refractivity contribution in [2.75, 3.05) is 13.2 Å². The van der Waals surface area contributed by atoms with Crippen LogP contribution in [-0.2, 0) is 37.3 Å². The van der Waals surface area contributed by atoms with Gasteiger partial charge in [0.25, 0.3) is 0 Å². The first-order valence-corrected chi connectivity index (χ1v) is 17.0. The number of carbonyl (C=O) groups excluding carboxylic acids is 2. The maximum Gasteiger partial charge on any atom is 0.343 e. The minimum absolute atomic E-state index is 0.0422. The Morgan fingerprint density at radius 2 is 2.04 bits per heavy atom. The van der Waals surface area contributed by atoms with Crippen molar-refractivity contribution in [3.63, 3.8) is 0 Å². The summed E-state index contributed by atoms with van der Waals surface area (Å²) in [5.74, 6) is -1.91. The molecule has 0 amide bonds. The molecule has 3 aromatic rings. The molecule has 1 spiro atoms. The van der Waals surface area contributed by atoms with Gasteiger partial charge < -0.3 is 39.7 Å². The van der Waals surface area contributed by atoms with Gasteiger partial charge in [-0.25, -0.2) is 19.6 Å². The molecular weight excluding hydrogens is 642 g/mol. The van der Waals surface area contributed by atoms with Crippen LogP contribution in [-0.4, -0.2) is 89.6 Å². The number of fused-ring (bicyclic) bond motifs is 2. The molecule has 2 saturated carbocycles. The van der Waals surface area contributed by atoms with Gasteiger partial charge >= 0.3 is 11.9 Å². The summed E-state index contributed by atoms with van der Waals surface area (Å²) in [6.07, 6.45) is 11.1. The number of ketones is 1. The second-order valence-electron chi connectivity index (χ2n) is 14.8. The van der Waals surface area contributed by atoms with E-state index in [1.54, 1.807) is 43.0 Å². The third kappa shape index (κ3) is 5.52. The largest absolute Gasteiger partial charge is 0.478 e. The van der Waals surface area contributed by atoms with Crippen molar-refractivity contribution in [1.82, 2.24) is 24.8 Å². The number of H-pyrrole nitrogens is 1. The van der Waals surface area contributed by atoms with Crippen molar-refractivity contribution in [3.05, 3.63) is 77.9 Å². The number of allylic oxidation sites excluding steroid dienone is 1. The normalized spacial score (nSPS) is 33.7. The minimum Gasteiger partial charge on any atom is -0.478 e. The maximum atomic E-state index is 13.2. The standard InChI is InChI=1S/C37H43N5O8/c1-20(25(44)15-31-38-11-12-39-31)41-29-16-28-35(2,10-9-30(45)36(28,3)17-43)27(37(29)18-49-37)8-6-22-14-26(50-34(22)48)32(33(46)47)21-5-7-24-23(13-21)40-19-42(24)4/h5-8,11-14,19-20,27-30,41,43,45H,9-10,15-18H2,1-4H3,(H,38,39)(H,46,47)/b8-6+,32-26-/t20?,27?,28?,29?,30-,35-,36+,37?/m1/s1. The summed E-state index contributed by atoms with van der Waals surface area (Å²) in [6, 6.07) is 4.25. The highest BCUT2D eigenvalue weighted by Gasteiger charge is 2.70. The summed E-state index contributed by atoms with van der Waals surface area (Å²) in [5.41, 5.74) is -0.136. The molecule has 4 aliphatic rings. The molecule has 5 unspecified atom stereocenters. The van der Waals surface area contributed by atoms with Gasteiger partial charge in [0.15, 0.2) is 5.78 Å². The van der Waals surface area contributed by atoms with E-state index >= 15 is 0 Å². The Hall–Kier alpha value is -4.43. The third-order valence-electron chi connectivity index (χ3n) is 11.9. The highest BCUT2D eigenvalue weighted by atomic mass is 16.6. The summed E-state index contributed by atoms with van der Waals surface area (Å²) < 4.78 is 13.7. The number of imidazole rings is 2. The molecule has 2 aliphatic carbocycles. The molecule has 0 bridgehead atoms. The van der Waals surface area contributed by atoms with Crippen LogP contribution < -0.4 is 5.32 Å². The first-order valence-electron chi connectivity index (χ1n) is 17.0. The predicted molar refractivity (Wildman–Crippen MR) is 181 cm³/mol. The summed E-state index contributed by atoms with van der Waals surface area (Å²) in [7, 11) is 1.85. The monoisotopic (exact) mass is 685 g/mol. The zero-order valence-electron chi connectivity index (χ0n) is 28.6. The van der Waals surface area contributed by atoms with Crippen molar-refractivity contribution in [1.29, 1.82) is 0 Å². The Kier molecular flexibility index (Phi) is 8.45. The van der Waals surface area contributed by atoms with Gasteiger partial charge in [0.05, 0.1) is 54.7 Å². The van der Waals surface area contributed by atoms with Gasteiger partial charge in [0.2, 0.25) is 0 Å². The van der Waals surface area contributed by atoms with Crippen LogP contribution in [0.4, 0.5) is 0 Å². The number of carboxylic acids is 1. The van der Waals surface area contributed by atoms with E-state index in [1.807, 2.05) is 31.5 Å². The number of carbonyl (C=O) groups is 3. The Bertz CT molecular complexity index is 1940. The van der Waals surface area contributed by atoms with Crippen LogP contribution in [0.1, 0.15) is 51.4 Å². The van der Waals surface area contributed by atoms with Crippen molar-refractivity contribution in [2.45, 2.75) is 70.2 Å². The Morgan fingerprint density at radius 1 is 1.26 bits per heavy atom. The molecule has 0 radical (unpaired) electrons. The summed E-state index contributed by atoms with van der Waals surface area (Å²) in [5, 5.41) is 35.7. The number of rotatable bonds is 10. The minimum atomic E-state index is -1.24. The zero-order chi connectivity index (χ0) is 35.6. The summed E-state index contributed by atoms with van der Waals surface area (Å²) in [6.45, 7) is 6.10. The number of hydrogen-bond donors (Lipinski definition) is 5. The van der Waals surface area contributed by atoms with E-state index in [9.17, 15) is 29.7 Å². The number of aryl methyl sites for hydroxylation is 1. The molecule has 3 fully saturated rings. The molecule has 4 heterocycles. The van der Waals surface area contributed by atoms with Crippen molar-refractivity contribution >= 4 is 34.3 Å². The van der Waals surface area contributed by atoms with E-state index < -0.39 is 40.5 Å². The fourth-order valence-electron chi connectivity index (χ4n) is 8.93. The van der Waals surface area contributed by atoms with Gasteiger partial charge in [-0.15, -0.1) is 0 Å². The second-order valence-corrected chi connectivity index (χ2v) is 14.8. The molecule has 50 heavy (non-hydrogen) atoms. The Labute approximate surface area is 289 Å². The highest BCUT2D eigenvalue weighted by Crippen LogP contribution is 2.65. The summed E-state index contributed by atoms with van der Waals surface area (Å²) in [4.78, 5) is 50.5. The van der Waals surface area contributed by atoms with E-state index in [0.717, 1.165) is 5.52 Å². The van der Waals surface area contributed by atoms with E-state index in [4.69, 9.17) is 9.47 Å². The second kappa shape index (κ2) is 12.4. The van der Waals surface area contributed by atoms with E-state index in [2.05, 4.69) is 27.2 Å². The molecule has 13 heteroatoms.